The molecule has 1 aliphatic heterocycles. The molecule has 4 heteroatoms. The fourth-order valence-corrected chi connectivity index (χ4v) is 2.28. The number of rotatable bonds is 4. The fraction of sp³-hybridized carbons (Fsp3) is 0.533. The number of nitrogens with zero attached hydrogens (tertiary/aromatic N) is 1. The summed E-state index contributed by atoms with van der Waals surface area (Å²) in [6, 6.07) is 7.59. The minimum Gasteiger partial charge on any atom is -0.393 e. The number of carbonyl (C=O) groups is 1. The van der Waals surface area contributed by atoms with Crippen molar-refractivity contribution in [2.24, 2.45) is 0 Å². The molecule has 0 radical (unpaired) electrons. The molecule has 0 unspecified atom stereocenters. The number of likely N-dealkylation sites (tertiary alicyclic amines) is 1. The maximum absolute atomic E-state index is 11.9. The molecule has 1 aliphatic rings. The van der Waals surface area contributed by atoms with Crippen LogP contribution in [-0.4, -0.2) is 48.2 Å². The standard InChI is InChI=1S/C15H22N2O2/c1-12-2-4-13(5-3-12)15(19)16-8-11-17-9-6-14(18)7-10-17/h2-5,14,18H,6-11H2,1H3,(H,16,19). The van der Waals surface area contributed by atoms with E-state index in [0.29, 0.717) is 12.1 Å². The fourth-order valence-electron chi connectivity index (χ4n) is 2.28. The van der Waals surface area contributed by atoms with Gasteiger partial charge in [0.25, 0.3) is 5.91 Å². The maximum atomic E-state index is 11.9. The van der Waals surface area contributed by atoms with E-state index in [1.54, 1.807) is 0 Å². The second kappa shape index (κ2) is 6.68. The smallest absolute Gasteiger partial charge is 0.251 e. The second-order valence-corrected chi connectivity index (χ2v) is 5.19. The number of hydrogen-bond donors (Lipinski definition) is 2. The van der Waals surface area contributed by atoms with Crippen LogP contribution in [0.3, 0.4) is 0 Å². The lowest BCUT2D eigenvalue weighted by atomic mass is 10.1. The first-order valence-electron chi connectivity index (χ1n) is 6.90. The summed E-state index contributed by atoms with van der Waals surface area (Å²) >= 11 is 0. The zero-order valence-electron chi connectivity index (χ0n) is 11.4. The molecule has 1 amide bonds. The molecule has 2 N–H and O–H groups in total. The van der Waals surface area contributed by atoms with Gasteiger partial charge in [-0.15, -0.1) is 0 Å². The summed E-state index contributed by atoms with van der Waals surface area (Å²) in [7, 11) is 0. The van der Waals surface area contributed by atoms with Crippen LogP contribution in [-0.2, 0) is 0 Å². The molecule has 1 saturated heterocycles. The van der Waals surface area contributed by atoms with Crippen molar-refractivity contribution in [1.82, 2.24) is 10.2 Å². The van der Waals surface area contributed by atoms with Gasteiger partial charge in [-0.2, -0.15) is 0 Å². The summed E-state index contributed by atoms with van der Waals surface area (Å²) in [5.41, 5.74) is 1.86. The summed E-state index contributed by atoms with van der Waals surface area (Å²) in [5, 5.41) is 12.3. The number of benzene rings is 1. The third-order valence-electron chi connectivity index (χ3n) is 3.58. The Hall–Kier alpha value is -1.39. The lowest BCUT2D eigenvalue weighted by Gasteiger charge is -2.29. The molecular formula is C15H22N2O2. The summed E-state index contributed by atoms with van der Waals surface area (Å²) in [6.45, 7) is 5.35. The molecule has 1 heterocycles. The topological polar surface area (TPSA) is 52.6 Å². The quantitative estimate of drug-likeness (QED) is 0.857. The van der Waals surface area contributed by atoms with Crippen LogP contribution in [0, 0.1) is 6.92 Å². The normalized spacial score (nSPS) is 17.4. The Labute approximate surface area is 114 Å². The predicted molar refractivity (Wildman–Crippen MR) is 75.2 cm³/mol. The molecule has 19 heavy (non-hydrogen) atoms. The number of aryl methyl sites for hydroxylation is 1. The Morgan fingerprint density at radius 3 is 2.58 bits per heavy atom. The zero-order chi connectivity index (χ0) is 13.7. The Balaban J connectivity index is 1.70. The summed E-state index contributed by atoms with van der Waals surface area (Å²) in [4.78, 5) is 14.2. The Morgan fingerprint density at radius 1 is 1.32 bits per heavy atom. The van der Waals surface area contributed by atoms with Crippen LogP contribution in [0.1, 0.15) is 28.8 Å². The molecule has 104 valence electrons. The number of aliphatic hydroxyl groups is 1. The number of piperidine rings is 1. The molecule has 0 bridgehead atoms. The van der Waals surface area contributed by atoms with Gasteiger partial charge in [0.05, 0.1) is 6.10 Å². The molecule has 2 rings (SSSR count). The molecule has 4 nitrogen and oxygen atoms in total. The van der Waals surface area contributed by atoms with Crippen molar-refractivity contribution >= 4 is 5.91 Å². The van der Waals surface area contributed by atoms with E-state index >= 15 is 0 Å². The van der Waals surface area contributed by atoms with Gasteiger partial charge in [0.15, 0.2) is 0 Å². The van der Waals surface area contributed by atoms with Gasteiger partial charge in [-0.1, -0.05) is 17.7 Å². The van der Waals surface area contributed by atoms with E-state index in [-0.39, 0.29) is 12.0 Å². The first-order valence-corrected chi connectivity index (χ1v) is 6.90. The highest BCUT2D eigenvalue weighted by atomic mass is 16.3. The molecule has 0 atom stereocenters. The van der Waals surface area contributed by atoms with Crippen molar-refractivity contribution in [2.75, 3.05) is 26.2 Å². The number of carbonyl (C=O) groups excluding carboxylic acids is 1. The number of amides is 1. The largest absolute Gasteiger partial charge is 0.393 e. The molecule has 0 saturated carbocycles. The highest BCUT2D eigenvalue weighted by Crippen LogP contribution is 2.08. The third-order valence-corrected chi connectivity index (χ3v) is 3.58. The molecule has 0 spiro atoms. The van der Waals surface area contributed by atoms with Crippen LogP contribution in [0.4, 0.5) is 0 Å². The van der Waals surface area contributed by atoms with Gasteiger partial charge < -0.3 is 15.3 Å². The van der Waals surface area contributed by atoms with E-state index in [1.165, 1.54) is 0 Å². The first-order chi connectivity index (χ1) is 9.15. The van der Waals surface area contributed by atoms with Crippen LogP contribution >= 0.6 is 0 Å². The molecule has 0 aromatic heterocycles. The van der Waals surface area contributed by atoms with Gasteiger partial charge in [-0.3, -0.25) is 4.79 Å². The van der Waals surface area contributed by atoms with E-state index in [2.05, 4.69) is 10.2 Å². The predicted octanol–water partition coefficient (Wildman–Crippen LogP) is 1.18. The van der Waals surface area contributed by atoms with Gasteiger partial charge in [0.2, 0.25) is 0 Å². The number of aliphatic hydroxyl groups excluding tert-OH is 1. The number of hydrogen-bond acceptors (Lipinski definition) is 3. The van der Waals surface area contributed by atoms with E-state index in [9.17, 15) is 9.90 Å². The van der Waals surface area contributed by atoms with E-state index < -0.39 is 0 Å². The summed E-state index contributed by atoms with van der Waals surface area (Å²) < 4.78 is 0. The molecule has 1 aromatic carbocycles. The molecular weight excluding hydrogens is 240 g/mol. The minimum atomic E-state index is -0.140. The van der Waals surface area contributed by atoms with Crippen LogP contribution in [0.25, 0.3) is 0 Å². The van der Waals surface area contributed by atoms with E-state index in [1.807, 2.05) is 31.2 Å². The highest BCUT2D eigenvalue weighted by molar-refractivity contribution is 5.94. The van der Waals surface area contributed by atoms with Crippen molar-refractivity contribution in [3.8, 4) is 0 Å². The van der Waals surface area contributed by atoms with Crippen molar-refractivity contribution in [1.29, 1.82) is 0 Å². The summed E-state index contributed by atoms with van der Waals surface area (Å²) in [5.74, 6) is -0.0166. The second-order valence-electron chi connectivity index (χ2n) is 5.19. The van der Waals surface area contributed by atoms with Crippen LogP contribution in [0.15, 0.2) is 24.3 Å². The first kappa shape index (κ1) is 14.0. The van der Waals surface area contributed by atoms with Gasteiger partial charge in [0.1, 0.15) is 0 Å². The molecule has 0 aliphatic carbocycles. The average molecular weight is 262 g/mol. The third kappa shape index (κ3) is 4.33. The van der Waals surface area contributed by atoms with Crippen molar-refractivity contribution < 1.29 is 9.90 Å². The number of nitrogens with one attached hydrogen (secondary N) is 1. The van der Waals surface area contributed by atoms with Gasteiger partial charge in [-0.25, -0.2) is 0 Å². The molecule has 1 fully saturated rings. The lowest BCUT2D eigenvalue weighted by Crippen LogP contribution is -2.40. The van der Waals surface area contributed by atoms with Crippen molar-refractivity contribution in [3.05, 3.63) is 35.4 Å². The average Bonchev–Trinajstić information content (AvgIpc) is 2.41. The van der Waals surface area contributed by atoms with E-state index in [0.717, 1.165) is 38.0 Å². The van der Waals surface area contributed by atoms with Gasteiger partial charge in [-0.05, 0) is 31.9 Å². The zero-order valence-corrected chi connectivity index (χ0v) is 11.4. The highest BCUT2D eigenvalue weighted by Gasteiger charge is 2.16. The van der Waals surface area contributed by atoms with Gasteiger partial charge >= 0.3 is 0 Å². The maximum Gasteiger partial charge on any atom is 0.251 e. The Kier molecular flexibility index (Phi) is 4.93. The SMILES string of the molecule is Cc1ccc(C(=O)NCCN2CCC(O)CC2)cc1. The molecule has 1 aromatic rings. The van der Waals surface area contributed by atoms with Crippen LogP contribution in [0.2, 0.25) is 0 Å². The van der Waals surface area contributed by atoms with E-state index in [4.69, 9.17) is 0 Å². The monoisotopic (exact) mass is 262 g/mol. The Bertz CT molecular complexity index is 409. The van der Waals surface area contributed by atoms with Crippen molar-refractivity contribution in [3.63, 3.8) is 0 Å². The Morgan fingerprint density at radius 2 is 1.95 bits per heavy atom. The lowest BCUT2D eigenvalue weighted by molar-refractivity contribution is 0.0804. The van der Waals surface area contributed by atoms with Crippen LogP contribution < -0.4 is 5.32 Å². The van der Waals surface area contributed by atoms with Gasteiger partial charge in [0, 0.05) is 31.7 Å². The summed E-state index contributed by atoms with van der Waals surface area (Å²) in [6.07, 6.45) is 1.54. The van der Waals surface area contributed by atoms with Crippen LogP contribution in [0.5, 0.6) is 0 Å². The minimum absolute atomic E-state index is 0.0166. The van der Waals surface area contributed by atoms with Crippen molar-refractivity contribution in [2.45, 2.75) is 25.9 Å².